The maximum Gasteiger partial charge on any atom is 0.112 e. The molecule has 0 aromatic carbocycles. The summed E-state index contributed by atoms with van der Waals surface area (Å²) in [6.07, 6.45) is 0.906. The number of piperidine rings is 1. The third-order valence-corrected chi connectivity index (χ3v) is 2.33. The van der Waals surface area contributed by atoms with Crippen LogP contribution < -0.4 is 0 Å². The topological polar surface area (TPSA) is 45.1 Å². The van der Waals surface area contributed by atoms with Crippen LogP contribution in [0.15, 0.2) is 5.16 Å². The summed E-state index contributed by atoms with van der Waals surface area (Å²) in [6.45, 7) is 3.71. The highest BCUT2D eigenvalue weighted by Crippen LogP contribution is 2.14. The maximum absolute atomic E-state index is 8.59. The lowest BCUT2D eigenvalue weighted by Gasteiger charge is -2.37. The van der Waals surface area contributed by atoms with Gasteiger partial charge in [-0.2, -0.15) is 0 Å². The van der Waals surface area contributed by atoms with E-state index in [4.69, 9.17) is 9.94 Å². The zero-order valence-corrected chi connectivity index (χ0v) is 6.36. The summed E-state index contributed by atoms with van der Waals surface area (Å²) < 4.78 is 5.42. The maximum atomic E-state index is 8.59. The van der Waals surface area contributed by atoms with Crippen molar-refractivity contribution in [2.24, 2.45) is 5.16 Å². The Hall–Kier alpha value is -0.610. The molecule has 4 heteroatoms. The van der Waals surface area contributed by atoms with E-state index in [1.165, 1.54) is 0 Å². The lowest BCUT2D eigenvalue weighted by Crippen LogP contribution is -2.51. The first-order valence-electron chi connectivity index (χ1n) is 3.95. The quantitative estimate of drug-likeness (QED) is 0.394. The zero-order valence-electron chi connectivity index (χ0n) is 6.36. The Kier molecular flexibility index (Phi) is 1.79. The van der Waals surface area contributed by atoms with E-state index in [-0.39, 0.29) is 6.10 Å². The molecule has 0 spiro atoms. The van der Waals surface area contributed by atoms with Gasteiger partial charge in [0.2, 0.25) is 0 Å². The Morgan fingerprint density at radius 3 is 3.27 bits per heavy atom. The van der Waals surface area contributed by atoms with Crippen molar-refractivity contribution in [1.29, 1.82) is 0 Å². The van der Waals surface area contributed by atoms with Crippen LogP contribution >= 0.6 is 0 Å². The van der Waals surface area contributed by atoms with Crippen molar-refractivity contribution in [3.63, 3.8) is 0 Å². The highest BCUT2D eigenvalue weighted by molar-refractivity contribution is 5.89. The normalized spacial score (nSPS) is 40.9. The molecule has 2 unspecified atom stereocenters. The minimum atomic E-state index is 0.0579. The number of hydrogen-bond donors (Lipinski definition) is 1. The Morgan fingerprint density at radius 2 is 2.45 bits per heavy atom. The Labute approximate surface area is 65.4 Å². The highest BCUT2D eigenvalue weighted by Gasteiger charge is 2.29. The molecule has 2 saturated heterocycles. The van der Waals surface area contributed by atoms with Crippen LogP contribution in [0.25, 0.3) is 0 Å². The van der Waals surface area contributed by atoms with Crippen LogP contribution in [-0.4, -0.2) is 48.2 Å². The van der Waals surface area contributed by atoms with E-state index < -0.39 is 0 Å². The van der Waals surface area contributed by atoms with Crippen LogP contribution in [0.2, 0.25) is 0 Å². The molecule has 2 fully saturated rings. The standard InChI is InChI=1S/C7H12N2O2/c10-8-6-1-2-9-3-4-11-7(6)5-9/h7,10H,1-5H2/b8-6+. The second-order valence-electron chi connectivity index (χ2n) is 3.00. The van der Waals surface area contributed by atoms with Gasteiger partial charge in [-0.25, -0.2) is 0 Å². The van der Waals surface area contributed by atoms with Gasteiger partial charge in [-0.05, 0) is 0 Å². The third kappa shape index (κ3) is 1.23. The molecular weight excluding hydrogens is 144 g/mol. The van der Waals surface area contributed by atoms with Gasteiger partial charge in [0.25, 0.3) is 0 Å². The first-order chi connectivity index (χ1) is 5.40. The summed E-state index contributed by atoms with van der Waals surface area (Å²) in [4.78, 5) is 2.34. The molecule has 2 aliphatic heterocycles. The number of hydrogen-bond acceptors (Lipinski definition) is 4. The summed E-state index contributed by atoms with van der Waals surface area (Å²) in [6, 6.07) is 0. The molecule has 0 aromatic heterocycles. The van der Waals surface area contributed by atoms with Crippen molar-refractivity contribution in [2.75, 3.05) is 26.2 Å². The number of ether oxygens (including phenoxy) is 1. The van der Waals surface area contributed by atoms with Gasteiger partial charge < -0.3 is 9.94 Å². The lowest BCUT2D eigenvalue weighted by atomic mass is 10.0. The van der Waals surface area contributed by atoms with Crippen molar-refractivity contribution in [3.8, 4) is 0 Å². The number of fused-ring (bicyclic) bond motifs is 2. The number of oxime groups is 1. The summed E-state index contributed by atoms with van der Waals surface area (Å²) in [7, 11) is 0. The van der Waals surface area contributed by atoms with Gasteiger partial charge >= 0.3 is 0 Å². The Bertz CT molecular complexity index is 181. The van der Waals surface area contributed by atoms with E-state index in [2.05, 4.69) is 10.1 Å². The molecule has 2 heterocycles. The summed E-state index contributed by atoms with van der Waals surface area (Å²) in [5, 5.41) is 11.8. The average molecular weight is 156 g/mol. The van der Waals surface area contributed by atoms with Gasteiger partial charge in [-0.15, -0.1) is 0 Å². The average Bonchev–Trinajstić information content (AvgIpc) is 2.06. The number of morpholine rings is 1. The molecule has 0 amide bonds. The number of nitrogens with zero attached hydrogens (tertiary/aromatic N) is 2. The summed E-state index contributed by atoms with van der Waals surface area (Å²) in [5.41, 5.74) is 0.806. The minimum Gasteiger partial charge on any atom is -0.411 e. The molecule has 1 N–H and O–H groups in total. The first kappa shape index (κ1) is 7.06. The van der Waals surface area contributed by atoms with Crippen molar-refractivity contribution < 1.29 is 9.94 Å². The van der Waals surface area contributed by atoms with Crippen LogP contribution in [0.4, 0.5) is 0 Å². The fraction of sp³-hybridized carbons (Fsp3) is 0.857. The summed E-state index contributed by atoms with van der Waals surface area (Å²) >= 11 is 0. The van der Waals surface area contributed by atoms with Gasteiger partial charge in [-0.1, -0.05) is 5.16 Å². The molecule has 62 valence electrons. The van der Waals surface area contributed by atoms with E-state index in [9.17, 15) is 0 Å². The molecule has 0 radical (unpaired) electrons. The first-order valence-corrected chi connectivity index (χ1v) is 3.95. The second kappa shape index (κ2) is 2.79. The predicted molar refractivity (Wildman–Crippen MR) is 40.0 cm³/mol. The molecule has 2 rings (SSSR count). The summed E-state index contributed by atoms with van der Waals surface area (Å²) in [5.74, 6) is 0. The zero-order chi connectivity index (χ0) is 7.68. The highest BCUT2D eigenvalue weighted by atomic mass is 16.5. The lowest BCUT2D eigenvalue weighted by molar-refractivity contribution is -0.00593. The van der Waals surface area contributed by atoms with Crippen LogP contribution in [-0.2, 0) is 4.74 Å². The van der Waals surface area contributed by atoms with Gasteiger partial charge in [0, 0.05) is 26.1 Å². The van der Waals surface area contributed by atoms with E-state index in [0.717, 1.165) is 38.4 Å². The van der Waals surface area contributed by atoms with Crippen LogP contribution in [0, 0.1) is 0 Å². The monoisotopic (exact) mass is 156 g/mol. The second-order valence-corrected chi connectivity index (χ2v) is 3.00. The van der Waals surface area contributed by atoms with E-state index in [1.807, 2.05) is 0 Å². The van der Waals surface area contributed by atoms with Crippen LogP contribution in [0.1, 0.15) is 6.42 Å². The molecule has 2 aliphatic rings. The molecule has 2 bridgehead atoms. The van der Waals surface area contributed by atoms with Crippen molar-refractivity contribution in [1.82, 2.24) is 4.90 Å². The van der Waals surface area contributed by atoms with E-state index >= 15 is 0 Å². The van der Waals surface area contributed by atoms with Gasteiger partial charge in [0.05, 0.1) is 12.3 Å². The van der Waals surface area contributed by atoms with Crippen molar-refractivity contribution >= 4 is 5.71 Å². The SMILES string of the molecule is O/N=C1\CCN2CCOC1C2. The van der Waals surface area contributed by atoms with Gasteiger partial charge in [0.15, 0.2) is 0 Å². The Morgan fingerprint density at radius 1 is 1.55 bits per heavy atom. The molecule has 0 aromatic rings. The third-order valence-electron chi connectivity index (χ3n) is 2.33. The molecule has 11 heavy (non-hydrogen) atoms. The smallest absolute Gasteiger partial charge is 0.112 e. The van der Waals surface area contributed by atoms with Crippen LogP contribution in [0.5, 0.6) is 0 Å². The number of rotatable bonds is 0. The molecule has 2 atom stereocenters. The van der Waals surface area contributed by atoms with Gasteiger partial charge in [-0.3, -0.25) is 4.90 Å². The van der Waals surface area contributed by atoms with E-state index in [0.29, 0.717) is 0 Å². The fourth-order valence-corrected chi connectivity index (χ4v) is 1.66. The van der Waals surface area contributed by atoms with Crippen LogP contribution in [0.3, 0.4) is 0 Å². The molecule has 0 saturated carbocycles. The predicted octanol–water partition coefficient (Wildman–Crippen LogP) is -0.0789. The molecule has 4 nitrogen and oxygen atoms in total. The largest absolute Gasteiger partial charge is 0.411 e. The van der Waals surface area contributed by atoms with Crippen molar-refractivity contribution in [3.05, 3.63) is 0 Å². The molecule has 0 aliphatic carbocycles. The fourth-order valence-electron chi connectivity index (χ4n) is 1.66. The Balaban J connectivity index is 2.08. The van der Waals surface area contributed by atoms with E-state index in [1.54, 1.807) is 0 Å². The minimum absolute atomic E-state index is 0.0579. The van der Waals surface area contributed by atoms with Crippen molar-refractivity contribution in [2.45, 2.75) is 12.5 Å². The molecular formula is C7H12N2O2. The van der Waals surface area contributed by atoms with Gasteiger partial charge in [0.1, 0.15) is 6.10 Å².